The molecule has 0 saturated carbocycles. The number of nitrogen functional groups attached to an aromatic ring is 1. The molecule has 0 radical (unpaired) electrons. The van der Waals surface area contributed by atoms with Crippen molar-refractivity contribution in [3.05, 3.63) is 16.9 Å². The number of anilines is 2. The summed E-state index contributed by atoms with van der Waals surface area (Å²) in [4.78, 5) is 3.97. The molecule has 3 nitrogen and oxygen atoms in total. The molecule has 1 heterocycles. The van der Waals surface area contributed by atoms with Crippen LogP contribution in [-0.2, 0) is 0 Å². The minimum atomic E-state index is 0.418. The van der Waals surface area contributed by atoms with Gasteiger partial charge in [0.25, 0.3) is 0 Å². The minimum Gasteiger partial charge on any atom is -0.396 e. The molecule has 72 valence electrons. The fourth-order valence-corrected chi connectivity index (χ4v) is 1.41. The van der Waals surface area contributed by atoms with Gasteiger partial charge in [0.1, 0.15) is 0 Å². The van der Waals surface area contributed by atoms with Crippen LogP contribution in [0.25, 0.3) is 0 Å². The van der Waals surface area contributed by atoms with Crippen molar-refractivity contribution in [1.82, 2.24) is 4.98 Å². The fraction of sp³-hybridized carbons (Fsp3) is 0.444. The van der Waals surface area contributed by atoms with E-state index in [1.54, 1.807) is 12.4 Å². The molecule has 1 aromatic heterocycles. The molecule has 0 aromatic carbocycles. The van der Waals surface area contributed by atoms with E-state index in [-0.39, 0.29) is 0 Å². The van der Waals surface area contributed by atoms with E-state index in [0.29, 0.717) is 11.7 Å². The van der Waals surface area contributed by atoms with Gasteiger partial charge in [0, 0.05) is 12.2 Å². The van der Waals surface area contributed by atoms with Gasteiger partial charge in [0.2, 0.25) is 0 Å². The molecule has 0 spiro atoms. The lowest BCUT2D eigenvalue weighted by Crippen LogP contribution is -2.15. The maximum absolute atomic E-state index is 5.77. The summed E-state index contributed by atoms with van der Waals surface area (Å²) in [6, 6.07) is 0.418. The Morgan fingerprint density at radius 2 is 2.31 bits per heavy atom. The van der Waals surface area contributed by atoms with E-state index in [1.165, 1.54) is 0 Å². The first-order valence-corrected chi connectivity index (χ1v) is 5.10. The Morgan fingerprint density at radius 3 is 2.85 bits per heavy atom. The van der Waals surface area contributed by atoms with Gasteiger partial charge in [0.15, 0.2) is 0 Å². The Kier molecular flexibility index (Phi) is 3.54. The molecule has 1 unspecified atom stereocenters. The summed E-state index contributed by atoms with van der Waals surface area (Å²) >= 11 is 3.40. The first-order valence-electron chi connectivity index (χ1n) is 4.30. The van der Waals surface area contributed by atoms with E-state index in [4.69, 9.17) is 5.73 Å². The van der Waals surface area contributed by atoms with Crippen molar-refractivity contribution in [2.24, 2.45) is 0 Å². The van der Waals surface area contributed by atoms with E-state index in [0.717, 1.165) is 16.6 Å². The van der Waals surface area contributed by atoms with Crippen LogP contribution in [0.2, 0.25) is 0 Å². The van der Waals surface area contributed by atoms with Crippen molar-refractivity contribution < 1.29 is 0 Å². The zero-order chi connectivity index (χ0) is 9.84. The summed E-state index contributed by atoms with van der Waals surface area (Å²) in [6.45, 7) is 4.25. The molecular formula is C9H14BrN3. The Labute approximate surface area is 86.9 Å². The van der Waals surface area contributed by atoms with E-state index >= 15 is 0 Å². The van der Waals surface area contributed by atoms with Gasteiger partial charge in [-0.15, -0.1) is 0 Å². The summed E-state index contributed by atoms with van der Waals surface area (Å²) < 4.78 is 0.910. The molecule has 4 heteroatoms. The van der Waals surface area contributed by atoms with Gasteiger partial charge >= 0.3 is 0 Å². The summed E-state index contributed by atoms with van der Waals surface area (Å²) in [5, 5.41) is 3.32. The van der Waals surface area contributed by atoms with Crippen molar-refractivity contribution >= 4 is 27.3 Å². The first-order chi connectivity index (χ1) is 6.15. The zero-order valence-corrected chi connectivity index (χ0v) is 9.43. The van der Waals surface area contributed by atoms with Gasteiger partial charge < -0.3 is 11.1 Å². The SMILES string of the molecule is CCC(C)Nc1c(N)cncc1Br. The highest BCUT2D eigenvalue weighted by Crippen LogP contribution is 2.27. The fourth-order valence-electron chi connectivity index (χ4n) is 0.951. The molecular weight excluding hydrogens is 230 g/mol. The number of pyridine rings is 1. The molecule has 0 aliphatic heterocycles. The van der Waals surface area contributed by atoms with Gasteiger partial charge in [-0.05, 0) is 29.3 Å². The minimum absolute atomic E-state index is 0.418. The molecule has 0 saturated heterocycles. The highest BCUT2D eigenvalue weighted by Gasteiger charge is 2.06. The second kappa shape index (κ2) is 4.46. The standard InChI is InChI=1S/C9H14BrN3/c1-3-6(2)13-9-7(10)4-12-5-8(9)11/h4-6H,3,11H2,1-2H3,(H,12,13). The normalized spacial score (nSPS) is 12.5. The maximum Gasteiger partial charge on any atom is 0.0752 e. The number of nitrogens with zero attached hydrogens (tertiary/aromatic N) is 1. The third-order valence-corrected chi connectivity index (χ3v) is 2.53. The van der Waals surface area contributed by atoms with Gasteiger partial charge in [-0.1, -0.05) is 6.92 Å². The van der Waals surface area contributed by atoms with Crippen molar-refractivity contribution in [3.8, 4) is 0 Å². The third kappa shape index (κ3) is 2.59. The number of rotatable bonds is 3. The topological polar surface area (TPSA) is 50.9 Å². The van der Waals surface area contributed by atoms with Crippen LogP contribution in [0.1, 0.15) is 20.3 Å². The number of hydrogen-bond acceptors (Lipinski definition) is 3. The largest absolute Gasteiger partial charge is 0.396 e. The van der Waals surface area contributed by atoms with Gasteiger partial charge in [-0.25, -0.2) is 0 Å². The van der Waals surface area contributed by atoms with Crippen LogP contribution in [0.4, 0.5) is 11.4 Å². The van der Waals surface area contributed by atoms with Crippen molar-refractivity contribution in [2.75, 3.05) is 11.1 Å². The van der Waals surface area contributed by atoms with E-state index in [1.807, 2.05) is 0 Å². The molecule has 0 fully saturated rings. The number of nitrogens with two attached hydrogens (primary N) is 1. The molecule has 1 atom stereocenters. The van der Waals surface area contributed by atoms with Crippen molar-refractivity contribution in [3.63, 3.8) is 0 Å². The first kappa shape index (κ1) is 10.3. The lowest BCUT2D eigenvalue weighted by atomic mass is 10.2. The lowest BCUT2D eigenvalue weighted by molar-refractivity contribution is 0.763. The van der Waals surface area contributed by atoms with Crippen molar-refractivity contribution in [2.45, 2.75) is 26.3 Å². The third-order valence-electron chi connectivity index (χ3n) is 1.93. The van der Waals surface area contributed by atoms with Crippen LogP contribution in [0.5, 0.6) is 0 Å². The summed E-state index contributed by atoms with van der Waals surface area (Å²) in [5.41, 5.74) is 7.38. The highest BCUT2D eigenvalue weighted by molar-refractivity contribution is 9.10. The summed E-state index contributed by atoms with van der Waals surface area (Å²) in [7, 11) is 0. The van der Waals surface area contributed by atoms with Crippen LogP contribution in [0, 0.1) is 0 Å². The average molecular weight is 244 g/mol. The Balaban J connectivity index is 2.87. The highest BCUT2D eigenvalue weighted by atomic mass is 79.9. The van der Waals surface area contributed by atoms with Crippen LogP contribution in [0.15, 0.2) is 16.9 Å². The van der Waals surface area contributed by atoms with Gasteiger partial charge in [-0.3, -0.25) is 4.98 Å². The van der Waals surface area contributed by atoms with Crippen LogP contribution < -0.4 is 11.1 Å². The summed E-state index contributed by atoms with van der Waals surface area (Å²) in [6.07, 6.45) is 4.45. The quantitative estimate of drug-likeness (QED) is 0.859. The van der Waals surface area contributed by atoms with Crippen LogP contribution in [0.3, 0.4) is 0 Å². The van der Waals surface area contributed by atoms with E-state index < -0.39 is 0 Å². The molecule has 0 amide bonds. The zero-order valence-electron chi connectivity index (χ0n) is 7.84. The lowest BCUT2D eigenvalue weighted by Gasteiger charge is -2.15. The second-order valence-corrected chi connectivity index (χ2v) is 3.89. The number of halogens is 1. The molecule has 1 rings (SSSR count). The molecule has 0 aliphatic rings. The maximum atomic E-state index is 5.77. The Hall–Kier alpha value is -0.770. The molecule has 3 N–H and O–H groups in total. The predicted molar refractivity (Wildman–Crippen MR) is 59.7 cm³/mol. The molecule has 1 aromatic rings. The van der Waals surface area contributed by atoms with Gasteiger partial charge in [0.05, 0.1) is 22.0 Å². The van der Waals surface area contributed by atoms with Gasteiger partial charge in [-0.2, -0.15) is 0 Å². The van der Waals surface area contributed by atoms with E-state index in [9.17, 15) is 0 Å². The predicted octanol–water partition coefficient (Wildman–Crippen LogP) is 2.64. The molecule has 0 aliphatic carbocycles. The summed E-state index contributed by atoms with van der Waals surface area (Å²) in [5.74, 6) is 0. The van der Waals surface area contributed by atoms with Crippen molar-refractivity contribution in [1.29, 1.82) is 0 Å². The average Bonchev–Trinajstić information content (AvgIpc) is 2.11. The van der Waals surface area contributed by atoms with Crippen LogP contribution in [-0.4, -0.2) is 11.0 Å². The number of hydrogen-bond donors (Lipinski definition) is 2. The Morgan fingerprint density at radius 1 is 1.62 bits per heavy atom. The molecule has 13 heavy (non-hydrogen) atoms. The monoisotopic (exact) mass is 243 g/mol. The van der Waals surface area contributed by atoms with Crippen LogP contribution >= 0.6 is 15.9 Å². The Bertz CT molecular complexity index is 268. The second-order valence-electron chi connectivity index (χ2n) is 3.04. The smallest absolute Gasteiger partial charge is 0.0752 e. The van der Waals surface area contributed by atoms with E-state index in [2.05, 4.69) is 40.1 Å². The molecule has 0 bridgehead atoms. The number of nitrogens with one attached hydrogen (secondary N) is 1. The number of aromatic nitrogens is 1.